The van der Waals surface area contributed by atoms with Crippen LogP contribution in [0.15, 0.2) is 23.4 Å². The second kappa shape index (κ2) is 5.54. The minimum atomic E-state index is 0.00750. The van der Waals surface area contributed by atoms with Crippen molar-refractivity contribution >= 4 is 17.4 Å². The molecule has 3 N–H and O–H groups in total. The van der Waals surface area contributed by atoms with Crippen molar-refractivity contribution in [3.05, 3.63) is 45.7 Å². The van der Waals surface area contributed by atoms with E-state index in [1.165, 1.54) is 5.56 Å². The quantitative estimate of drug-likeness (QED) is 0.395. The van der Waals surface area contributed by atoms with E-state index in [0.29, 0.717) is 10.6 Å². The number of aromatic nitrogens is 2. The third-order valence-electron chi connectivity index (χ3n) is 3.37. The summed E-state index contributed by atoms with van der Waals surface area (Å²) in [4.78, 5) is 0. The molecule has 0 fully saturated rings. The third kappa shape index (κ3) is 2.36. The zero-order chi connectivity index (χ0) is 14.9. The van der Waals surface area contributed by atoms with Crippen LogP contribution < -0.4 is 5.73 Å². The second-order valence-corrected chi connectivity index (χ2v) is 5.00. The summed E-state index contributed by atoms with van der Waals surface area (Å²) in [6, 6.07) is 5.23. The molecule has 5 nitrogen and oxygen atoms in total. The Balaban J connectivity index is 2.70. The van der Waals surface area contributed by atoms with Gasteiger partial charge in [0.05, 0.1) is 11.4 Å². The molecule has 0 unspecified atom stereocenters. The highest BCUT2D eigenvalue weighted by Gasteiger charge is 2.16. The summed E-state index contributed by atoms with van der Waals surface area (Å²) in [6.45, 7) is 6.07. The minimum absolute atomic E-state index is 0.00750. The molecule has 0 amide bonds. The van der Waals surface area contributed by atoms with Crippen LogP contribution in [-0.2, 0) is 6.42 Å². The number of halogens is 1. The van der Waals surface area contributed by atoms with Gasteiger partial charge >= 0.3 is 0 Å². The van der Waals surface area contributed by atoms with E-state index in [1.807, 2.05) is 19.9 Å². The molecule has 0 aliphatic rings. The Morgan fingerprint density at radius 1 is 1.45 bits per heavy atom. The molecule has 0 bridgehead atoms. The summed E-state index contributed by atoms with van der Waals surface area (Å²) >= 11 is 5.99. The summed E-state index contributed by atoms with van der Waals surface area (Å²) in [6.07, 6.45) is 0.907. The van der Waals surface area contributed by atoms with Crippen molar-refractivity contribution < 1.29 is 5.21 Å². The molecular formula is C14H17ClN4O. The van der Waals surface area contributed by atoms with Crippen LogP contribution in [0.25, 0.3) is 5.69 Å². The topological polar surface area (TPSA) is 76.4 Å². The smallest absolute Gasteiger partial charge is 0.172 e. The zero-order valence-electron chi connectivity index (χ0n) is 11.7. The fourth-order valence-electron chi connectivity index (χ4n) is 2.37. The first-order valence-corrected chi connectivity index (χ1v) is 6.70. The molecule has 2 aromatic rings. The maximum absolute atomic E-state index is 8.92. The van der Waals surface area contributed by atoms with Crippen molar-refractivity contribution in [1.29, 1.82) is 0 Å². The Bertz CT molecular complexity index is 676. The lowest BCUT2D eigenvalue weighted by molar-refractivity contribution is 0.318. The maximum Gasteiger partial charge on any atom is 0.172 e. The predicted molar refractivity (Wildman–Crippen MR) is 79.9 cm³/mol. The number of aryl methyl sites for hydroxylation is 1. The summed E-state index contributed by atoms with van der Waals surface area (Å²) in [5.74, 6) is 0.00750. The highest BCUT2D eigenvalue weighted by atomic mass is 35.5. The van der Waals surface area contributed by atoms with Gasteiger partial charge < -0.3 is 10.9 Å². The highest BCUT2D eigenvalue weighted by molar-refractivity contribution is 6.31. The van der Waals surface area contributed by atoms with E-state index in [4.69, 9.17) is 22.5 Å². The first-order valence-electron chi connectivity index (χ1n) is 6.32. The first-order chi connectivity index (χ1) is 9.49. The predicted octanol–water partition coefficient (Wildman–Crippen LogP) is 2.80. The van der Waals surface area contributed by atoms with Gasteiger partial charge in [0.1, 0.15) is 0 Å². The Labute approximate surface area is 122 Å². The van der Waals surface area contributed by atoms with Crippen molar-refractivity contribution in [2.45, 2.75) is 27.2 Å². The van der Waals surface area contributed by atoms with Crippen molar-refractivity contribution in [3.8, 4) is 5.69 Å². The van der Waals surface area contributed by atoms with E-state index in [2.05, 4.69) is 17.2 Å². The van der Waals surface area contributed by atoms with Crippen molar-refractivity contribution in [3.63, 3.8) is 0 Å². The van der Waals surface area contributed by atoms with Gasteiger partial charge in [-0.3, -0.25) is 0 Å². The molecule has 106 valence electrons. The number of hydrogen-bond acceptors (Lipinski definition) is 3. The van der Waals surface area contributed by atoms with Gasteiger partial charge in [-0.25, -0.2) is 4.68 Å². The van der Waals surface area contributed by atoms with Crippen molar-refractivity contribution in [2.24, 2.45) is 10.9 Å². The Morgan fingerprint density at radius 2 is 2.15 bits per heavy atom. The lowest BCUT2D eigenvalue weighted by Gasteiger charge is -2.11. The molecule has 0 atom stereocenters. The molecule has 0 saturated heterocycles. The Hall–Kier alpha value is -2.01. The molecule has 1 aromatic heterocycles. The number of nitrogens with two attached hydrogens (primary N) is 1. The molecular weight excluding hydrogens is 276 g/mol. The Kier molecular flexibility index (Phi) is 3.99. The zero-order valence-corrected chi connectivity index (χ0v) is 12.4. The first kappa shape index (κ1) is 14.4. The number of amidine groups is 1. The van der Waals surface area contributed by atoms with Crippen LogP contribution in [0, 0.1) is 13.8 Å². The number of nitrogens with zero attached hydrogens (tertiary/aromatic N) is 3. The lowest BCUT2D eigenvalue weighted by atomic mass is 10.1. The van der Waals surface area contributed by atoms with Crippen LogP contribution in [0.2, 0.25) is 5.02 Å². The monoisotopic (exact) mass is 292 g/mol. The van der Waals surface area contributed by atoms with Crippen LogP contribution in [0.1, 0.15) is 29.4 Å². The fourth-order valence-corrected chi connectivity index (χ4v) is 2.55. The van der Waals surface area contributed by atoms with Gasteiger partial charge in [0, 0.05) is 16.3 Å². The SMILES string of the molecule is CCc1c(C)nn(-c2ccc(Cl)cc2C(N)=NO)c1C. The van der Waals surface area contributed by atoms with Crippen molar-refractivity contribution in [2.75, 3.05) is 0 Å². The van der Waals surface area contributed by atoms with Gasteiger partial charge in [-0.05, 0) is 44.0 Å². The standard InChI is InChI=1S/C14H17ClN4O/c1-4-11-8(2)17-19(9(11)3)13-6-5-10(15)7-12(13)14(16)18-20/h5-7,20H,4H2,1-3H3,(H2,16,18). The maximum atomic E-state index is 8.92. The molecule has 6 heteroatoms. The molecule has 0 saturated carbocycles. The highest BCUT2D eigenvalue weighted by Crippen LogP contribution is 2.23. The van der Waals surface area contributed by atoms with Gasteiger partial charge in [-0.2, -0.15) is 5.10 Å². The minimum Gasteiger partial charge on any atom is -0.409 e. The van der Waals surface area contributed by atoms with E-state index in [9.17, 15) is 0 Å². The molecule has 0 radical (unpaired) electrons. The lowest BCUT2D eigenvalue weighted by Crippen LogP contribution is -2.17. The largest absolute Gasteiger partial charge is 0.409 e. The molecule has 0 aliphatic carbocycles. The van der Waals surface area contributed by atoms with Crippen LogP contribution in [-0.4, -0.2) is 20.8 Å². The molecule has 0 spiro atoms. The molecule has 1 aromatic carbocycles. The van der Waals surface area contributed by atoms with E-state index >= 15 is 0 Å². The molecule has 2 rings (SSSR count). The average molecular weight is 293 g/mol. The van der Waals surface area contributed by atoms with E-state index in [-0.39, 0.29) is 5.84 Å². The summed E-state index contributed by atoms with van der Waals surface area (Å²) in [5, 5.41) is 17.0. The molecule has 0 aliphatic heterocycles. The second-order valence-electron chi connectivity index (χ2n) is 4.56. The van der Waals surface area contributed by atoms with Gasteiger partial charge in [0.25, 0.3) is 0 Å². The van der Waals surface area contributed by atoms with Crippen LogP contribution >= 0.6 is 11.6 Å². The normalized spacial score (nSPS) is 11.9. The van der Waals surface area contributed by atoms with Gasteiger partial charge in [0.15, 0.2) is 5.84 Å². The van der Waals surface area contributed by atoms with E-state index in [1.54, 1.807) is 16.8 Å². The van der Waals surface area contributed by atoms with Gasteiger partial charge in [-0.1, -0.05) is 23.7 Å². The average Bonchev–Trinajstić information content (AvgIpc) is 2.72. The van der Waals surface area contributed by atoms with Gasteiger partial charge in [-0.15, -0.1) is 0 Å². The van der Waals surface area contributed by atoms with Crippen LogP contribution in [0.5, 0.6) is 0 Å². The van der Waals surface area contributed by atoms with E-state index in [0.717, 1.165) is 23.5 Å². The summed E-state index contributed by atoms with van der Waals surface area (Å²) < 4.78 is 1.80. The van der Waals surface area contributed by atoms with Gasteiger partial charge in [0.2, 0.25) is 0 Å². The number of rotatable bonds is 3. The van der Waals surface area contributed by atoms with Crippen LogP contribution in [0.4, 0.5) is 0 Å². The summed E-state index contributed by atoms with van der Waals surface area (Å²) in [5.41, 5.74) is 10.2. The number of benzene rings is 1. The van der Waals surface area contributed by atoms with E-state index < -0.39 is 0 Å². The number of oxime groups is 1. The van der Waals surface area contributed by atoms with Crippen molar-refractivity contribution in [1.82, 2.24) is 9.78 Å². The summed E-state index contributed by atoms with van der Waals surface area (Å²) in [7, 11) is 0. The number of hydrogen-bond donors (Lipinski definition) is 2. The third-order valence-corrected chi connectivity index (χ3v) is 3.60. The Morgan fingerprint density at radius 3 is 2.70 bits per heavy atom. The fraction of sp³-hybridized carbons (Fsp3) is 0.286. The molecule has 20 heavy (non-hydrogen) atoms. The van der Waals surface area contributed by atoms with Crippen LogP contribution in [0.3, 0.4) is 0 Å². The molecule has 1 heterocycles.